The van der Waals surface area contributed by atoms with Crippen LogP contribution < -0.4 is 37.2 Å². The van der Waals surface area contributed by atoms with Gasteiger partial charge < -0.3 is 37.2 Å². The zero-order valence-electron chi connectivity index (χ0n) is 9.98. The molecule has 0 N–H and O–H groups in total. The van der Waals surface area contributed by atoms with E-state index in [0.29, 0.717) is 0 Å². The summed E-state index contributed by atoms with van der Waals surface area (Å²) in [7, 11) is 0. The molecule has 0 heterocycles. The summed E-state index contributed by atoms with van der Waals surface area (Å²) in [6.07, 6.45) is 0. The summed E-state index contributed by atoms with van der Waals surface area (Å²) < 4.78 is 0. The Morgan fingerprint density at radius 1 is 0.684 bits per heavy atom. The van der Waals surface area contributed by atoms with Crippen LogP contribution in [0.15, 0.2) is 66.7 Å². The number of rotatable bonds is 1. The second-order valence-electron chi connectivity index (χ2n) is 3.74. The molecule has 96 valence electrons. The van der Waals surface area contributed by atoms with Gasteiger partial charge in [0.2, 0.25) is 0 Å². The van der Waals surface area contributed by atoms with Crippen LogP contribution in [0, 0.1) is 0 Å². The third-order valence-electron chi connectivity index (χ3n) is 2.73. The molecular weight excluding hydrogens is 378 g/mol. The maximum atomic E-state index is 2.24. The molecule has 4 heteroatoms. The van der Waals surface area contributed by atoms with Gasteiger partial charge in [0.15, 0.2) is 0 Å². The van der Waals surface area contributed by atoms with Crippen molar-refractivity contribution in [2.75, 3.05) is 0 Å². The standard InChI is InChI=1S/C15H11.3ClH.Zr/c1-2-6-12(7-3-1)15-10-13-8-4-5-9-14(13)11-15;;;;/h1-11H;3*1H;/q-1;;;;+4/p-3. The second-order valence-corrected chi connectivity index (χ2v) is 3.74. The first-order valence-electron chi connectivity index (χ1n) is 5.14. The van der Waals surface area contributed by atoms with Gasteiger partial charge in [-0.15, -0.1) is 34.5 Å². The average Bonchev–Trinajstić information content (AvgIpc) is 2.74. The zero-order valence-corrected chi connectivity index (χ0v) is 14.7. The summed E-state index contributed by atoms with van der Waals surface area (Å²) in [6, 6.07) is 23.4. The van der Waals surface area contributed by atoms with Crippen LogP contribution in [-0.4, -0.2) is 0 Å². The normalized spacial score (nSPS) is 8.42. The molecule has 0 saturated carbocycles. The van der Waals surface area contributed by atoms with Crippen molar-refractivity contribution in [3.05, 3.63) is 66.7 Å². The Labute approximate surface area is 151 Å². The van der Waals surface area contributed by atoms with Gasteiger partial charge in [-0.05, 0) is 0 Å². The Kier molecular flexibility index (Phi) is 10.7. The number of benzene rings is 2. The van der Waals surface area contributed by atoms with Gasteiger partial charge in [-0.3, -0.25) is 0 Å². The molecule has 3 aromatic rings. The van der Waals surface area contributed by atoms with Crippen molar-refractivity contribution in [1.82, 2.24) is 0 Å². The molecule has 0 radical (unpaired) electrons. The van der Waals surface area contributed by atoms with Gasteiger partial charge >= 0.3 is 26.2 Å². The van der Waals surface area contributed by atoms with E-state index in [9.17, 15) is 0 Å². The molecule has 0 amide bonds. The summed E-state index contributed by atoms with van der Waals surface area (Å²) in [5, 5.41) is 2.63. The van der Waals surface area contributed by atoms with E-state index in [4.69, 9.17) is 0 Å². The fraction of sp³-hybridized carbons (Fsp3) is 0. The molecule has 3 aromatic carbocycles. The van der Waals surface area contributed by atoms with E-state index >= 15 is 0 Å². The fourth-order valence-electron chi connectivity index (χ4n) is 1.95. The summed E-state index contributed by atoms with van der Waals surface area (Å²) in [4.78, 5) is 0. The minimum Gasteiger partial charge on any atom is -1.00 e. The third kappa shape index (κ3) is 4.69. The van der Waals surface area contributed by atoms with Crippen molar-refractivity contribution in [3.8, 4) is 11.1 Å². The molecular formula is C15H11Cl3Zr. The first kappa shape index (κ1) is 21.1. The SMILES string of the molecule is [Cl-].[Cl-].[Cl-].[Zr+4].c1ccc(-c2cc3ccccc3[cH-]2)cc1. The molecule has 0 fully saturated rings. The van der Waals surface area contributed by atoms with Crippen LogP contribution in [0.25, 0.3) is 21.9 Å². The van der Waals surface area contributed by atoms with Crippen LogP contribution in [0.4, 0.5) is 0 Å². The molecule has 0 nitrogen and oxygen atoms in total. The van der Waals surface area contributed by atoms with Crippen LogP contribution in [0.5, 0.6) is 0 Å². The van der Waals surface area contributed by atoms with Crippen molar-refractivity contribution in [2.24, 2.45) is 0 Å². The van der Waals surface area contributed by atoms with E-state index in [-0.39, 0.29) is 63.4 Å². The fourth-order valence-corrected chi connectivity index (χ4v) is 1.95. The molecule has 0 atom stereocenters. The van der Waals surface area contributed by atoms with Gasteiger partial charge in [-0.25, -0.2) is 0 Å². The zero-order chi connectivity index (χ0) is 10.1. The number of hydrogen-bond donors (Lipinski definition) is 0. The molecule has 0 unspecified atom stereocenters. The van der Waals surface area contributed by atoms with Crippen LogP contribution in [-0.2, 0) is 26.2 Å². The molecule has 0 bridgehead atoms. The molecule has 0 spiro atoms. The van der Waals surface area contributed by atoms with Crippen molar-refractivity contribution < 1.29 is 63.4 Å². The largest absolute Gasteiger partial charge is 4.00 e. The van der Waals surface area contributed by atoms with Crippen molar-refractivity contribution >= 4 is 10.8 Å². The molecule has 0 aliphatic carbocycles. The second kappa shape index (κ2) is 9.67. The molecule has 0 aliphatic heterocycles. The Hall–Kier alpha value is -0.197. The van der Waals surface area contributed by atoms with E-state index in [1.165, 1.54) is 21.9 Å². The van der Waals surface area contributed by atoms with Crippen LogP contribution in [0.1, 0.15) is 0 Å². The first-order valence-corrected chi connectivity index (χ1v) is 5.14. The van der Waals surface area contributed by atoms with Crippen molar-refractivity contribution in [1.29, 1.82) is 0 Å². The van der Waals surface area contributed by atoms with Crippen molar-refractivity contribution in [3.63, 3.8) is 0 Å². The monoisotopic (exact) mass is 386 g/mol. The predicted octanol–water partition coefficient (Wildman–Crippen LogP) is -4.76. The van der Waals surface area contributed by atoms with Gasteiger partial charge in [0.25, 0.3) is 0 Å². The van der Waals surface area contributed by atoms with Gasteiger partial charge in [0.1, 0.15) is 0 Å². The Bertz CT molecular complexity index is 557. The maximum Gasteiger partial charge on any atom is 4.00 e. The van der Waals surface area contributed by atoms with Gasteiger partial charge in [0.05, 0.1) is 0 Å². The van der Waals surface area contributed by atoms with Crippen LogP contribution in [0.2, 0.25) is 0 Å². The molecule has 0 aromatic heterocycles. The van der Waals surface area contributed by atoms with E-state index < -0.39 is 0 Å². The Morgan fingerprint density at radius 2 is 1.26 bits per heavy atom. The third-order valence-corrected chi connectivity index (χ3v) is 2.73. The number of hydrogen-bond acceptors (Lipinski definition) is 0. The van der Waals surface area contributed by atoms with E-state index in [0.717, 1.165) is 0 Å². The van der Waals surface area contributed by atoms with Gasteiger partial charge in [-0.1, -0.05) is 54.1 Å². The molecule has 19 heavy (non-hydrogen) atoms. The quantitative estimate of drug-likeness (QED) is 0.367. The van der Waals surface area contributed by atoms with Gasteiger partial charge in [0, 0.05) is 0 Å². The van der Waals surface area contributed by atoms with Gasteiger partial charge in [-0.2, -0.15) is 0 Å². The van der Waals surface area contributed by atoms with Crippen molar-refractivity contribution in [2.45, 2.75) is 0 Å². The molecule has 3 rings (SSSR count). The summed E-state index contributed by atoms with van der Waals surface area (Å²) in [5.41, 5.74) is 2.59. The van der Waals surface area contributed by atoms with Crippen LogP contribution in [0.3, 0.4) is 0 Å². The van der Waals surface area contributed by atoms with E-state index in [1.807, 2.05) is 6.07 Å². The smallest absolute Gasteiger partial charge is 1.00 e. The maximum absolute atomic E-state index is 2.24. The minimum absolute atomic E-state index is 0. The number of halogens is 3. The summed E-state index contributed by atoms with van der Waals surface area (Å²) in [6.45, 7) is 0. The summed E-state index contributed by atoms with van der Waals surface area (Å²) in [5.74, 6) is 0. The first-order chi connectivity index (χ1) is 7.43. The minimum atomic E-state index is 0. The Morgan fingerprint density at radius 3 is 1.89 bits per heavy atom. The van der Waals surface area contributed by atoms with E-state index in [2.05, 4.69) is 60.7 Å². The van der Waals surface area contributed by atoms with Crippen LogP contribution >= 0.6 is 0 Å². The van der Waals surface area contributed by atoms with E-state index in [1.54, 1.807) is 0 Å². The number of fused-ring (bicyclic) bond motifs is 1. The molecule has 0 saturated heterocycles. The topological polar surface area (TPSA) is 0 Å². The summed E-state index contributed by atoms with van der Waals surface area (Å²) >= 11 is 0. The molecule has 0 aliphatic rings. The Balaban J connectivity index is 0. The predicted molar refractivity (Wildman–Crippen MR) is 65.0 cm³/mol. The average molecular weight is 389 g/mol.